The first kappa shape index (κ1) is 17.6. The molecule has 0 amide bonds. The number of nitrogens with zero attached hydrogens (tertiary/aromatic N) is 5. The predicted octanol–water partition coefficient (Wildman–Crippen LogP) is -0.0134. The van der Waals surface area contributed by atoms with Gasteiger partial charge in [-0.05, 0) is 6.92 Å². The molecule has 1 aromatic rings. The third-order valence-electron chi connectivity index (χ3n) is 4.55. The molecule has 0 atom stereocenters. The maximum absolute atomic E-state index is 12.7. The van der Waals surface area contributed by atoms with Gasteiger partial charge in [0.15, 0.2) is 0 Å². The Bertz CT molecular complexity index is 673. The Morgan fingerprint density at radius 3 is 2.38 bits per heavy atom. The van der Waals surface area contributed by atoms with E-state index in [2.05, 4.69) is 16.6 Å². The number of rotatable bonds is 5. The lowest BCUT2D eigenvalue weighted by Gasteiger charge is -2.37. The topological polar surface area (TPSA) is 70.9 Å². The molecule has 0 aromatic carbocycles. The van der Waals surface area contributed by atoms with Crippen LogP contribution in [0.4, 0.5) is 0 Å². The quantitative estimate of drug-likeness (QED) is 0.743. The highest BCUT2D eigenvalue weighted by atomic mass is 32.2. The standard InChI is InChI=1S/C15H25N5O3S/c1-3-18-13-15(14(2)16-18)12-17-4-6-19(7-5-17)24(21,22)20-8-10-23-11-9-20/h3,13H,1,4-12H2,2H3. The molecule has 0 spiro atoms. The van der Waals surface area contributed by atoms with E-state index < -0.39 is 10.2 Å². The van der Waals surface area contributed by atoms with Gasteiger partial charge in [-0.15, -0.1) is 0 Å². The van der Waals surface area contributed by atoms with Crippen molar-refractivity contribution in [1.82, 2.24) is 23.3 Å². The highest BCUT2D eigenvalue weighted by molar-refractivity contribution is 7.86. The van der Waals surface area contributed by atoms with Crippen LogP contribution in [0.25, 0.3) is 6.20 Å². The van der Waals surface area contributed by atoms with Gasteiger partial charge >= 0.3 is 0 Å². The molecule has 0 aliphatic carbocycles. The Hall–Kier alpha value is -1.26. The monoisotopic (exact) mass is 355 g/mol. The van der Waals surface area contributed by atoms with Crippen molar-refractivity contribution in [2.24, 2.45) is 0 Å². The largest absolute Gasteiger partial charge is 0.379 e. The van der Waals surface area contributed by atoms with E-state index in [1.807, 2.05) is 13.1 Å². The summed E-state index contributed by atoms with van der Waals surface area (Å²) in [5, 5.41) is 4.36. The lowest BCUT2D eigenvalue weighted by atomic mass is 10.2. The van der Waals surface area contributed by atoms with Gasteiger partial charge in [-0.2, -0.15) is 22.1 Å². The summed E-state index contributed by atoms with van der Waals surface area (Å²) in [6.45, 7) is 10.8. The van der Waals surface area contributed by atoms with Crippen LogP contribution < -0.4 is 0 Å². The van der Waals surface area contributed by atoms with Gasteiger partial charge in [-0.25, -0.2) is 4.68 Å². The van der Waals surface area contributed by atoms with Crippen molar-refractivity contribution in [2.45, 2.75) is 13.5 Å². The first-order chi connectivity index (χ1) is 11.5. The fourth-order valence-corrected chi connectivity index (χ4v) is 4.63. The Morgan fingerprint density at radius 1 is 1.17 bits per heavy atom. The van der Waals surface area contributed by atoms with E-state index in [9.17, 15) is 8.42 Å². The first-order valence-corrected chi connectivity index (χ1v) is 9.63. The van der Waals surface area contributed by atoms with Crippen molar-refractivity contribution < 1.29 is 13.2 Å². The number of ether oxygens (including phenoxy) is 1. The van der Waals surface area contributed by atoms with Crippen LogP contribution in [0.15, 0.2) is 12.8 Å². The summed E-state index contributed by atoms with van der Waals surface area (Å²) in [6, 6.07) is 0. The smallest absolute Gasteiger partial charge is 0.282 e. The molecule has 8 nitrogen and oxygen atoms in total. The highest BCUT2D eigenvalue weighted by Gasteiger charge is 2.33. The van der Waals surface area contributed by atoms with Gasteiger partial charge in [-0.1, -0.05) is 6.58 Å². The molecule has 0 unspecified atom stereocenters. The molecule has 2 aliphatic rings. The predicted molar refractivity (Wildman–Crippen MR) is 91.5 cm³/mol. The van der Waals surface area contributed by atoms with Crippen molar-refractivity contribution in [2.75, 3.05) is 52.5 Å². The molecule has 2 aliphatic heterocycles. The van der Waals surface area contributed by atoms with Crippen LogP contribution in [0.5, 0.6) is 0 Å². The molecule has 2 saturated heterocycles. The minimum atomic E-state index is -3.36. The van der Waals surface area contributed by atoms with Gasteiger partial charge in [0.2, 0.25) is 0 Å². The maximum Gasteiger partial charge on any atom is 0.282 e. The summed E-state index contributed by atoms with van der Waals surface area (Å²) in [5.41, 5.74) is 2.14. The van der Waals surface area contributed by atoms with E-state index in [0.717, 1.165) is 30.9 Å². The highest BCUT2D eigenvalue weighted by Crippen LogP contribution is 2.16. The molecule has 3 heterocycles. The minimum absolute atomic E-state index is 0.447. The van der Waals surface area contributed by atoms with E-state index in [1.165, 1.54) is 4.31 Å². The second-order valence-electron chi connectivity index (χ2n) is 6.10. The maximum atomic E-state index is 12.7. The van der Waals surface area contributed by atoms with Gasteiger partial charge < -0.3 is 4.74 Å². The number of hydrogen-bond acceptors (Lipinski definition) is 5. The average molecular weight is 355 g/mol. The van der Waals surface area contributed by atoms with Gasteiger partial charge in [0.25, 0.3) is 10.2 Å². The fourth-order valence-electron chi connectivity index (χ4n) is 3.07. The van der Waals surface area contributed by atoms with Crippen LogP contribution >= 0.6 is 0 Å². The van der Waals surface area contributed by atoms with E-state index in [1.54, 1.807) is 15.2 Å². The van der Waals surface area contributed by atoms with E-state index in [-0.39, 0.29) is 0 Å². The number of morpholine rings is 1. The van der Waals surface area contributed by atoms with Gasteiger partial charge in [0, 0.05) is 63.8 Å². The van der Waals surface area contributed by atoms with Crippen LogP contribution in [-0.2, 0) is 21.5 Å². The zero-order valence-electron chi connectivity index (χ0n) is 14.1. The first-order valence-electron chi connectivity index (χ1n) is 8.23. The molecule has 3 rings (SSSR count). The number of piperazine rings is 1. The SMILES string of the molecule is C=Cn1cc(CN2CCN(S(=O)(=O)N3CCOCC3)CC2)c(C)n1. The lowest BCUT2D eigenvalue weighted by Crippen LogP contribution is -2.54. The van der Waals surface area contributed by atoms with Crippen LogP contribution in [0.1, 0.15) is 11.3 Å². The molecule has 0 N–H and O–H groups in total. The third kappa shape index (κ3) is 3.70. The van der Waals surface area contributed by atoms with Crippen LogP contribution in [-0.4, -0.2) is 84.2 Å². The van der Waals surface area contributed by atoms with Gasteiger partial charge in [0.1, 0.15) is 0 Å². The van der Waals surface area contributed by atoms with E-state index in [0.29, 0.717) is 39.4 Å². The van der Waals surface area contributed by atoms with Crippen molar-refractivity contribution in [3.63, 3.8) is 0 Å². The summed E-state index contributed by atoms with van der Waals surface area (Å²) in [5.74, 6) is 0. The van der Waals surface area contributed by atoms with Crippen molar-refractivity contribution in [3.05, 3.63) is 24.0 Å². The van der Waals surface area contributed by atoms with Gasteiger partial charge in [0.05, 0.1) is 18.9 Å². The Kier molecular flexibility index (Phi) is 5.36. The molecule has 0 saturated carbocycles. The van der Waals surface area contributed by atoms with Crippen LogP contribution in [0.3, 0.4) is 0 Å². The second kappa shape index (κ2) is 7.32. The molecule has 2 fully saturated rings. The molecule has 24 heavy (non-hydrogen) atoms. The number of aromatic nitrogens is 2. The number of aryl methyl sites for hydroxylation is 1. The van der Waals surface area contributed by atoms with Crippen molar-refractivity contribution in [3.8, 4) is 0 Å². The average Bonchev–Trinajstić information content (AvgIpc) is 2.96. The third-order valence-corrected chi connectivity index (χ3v) is 6.59. The molecule has 0 radical (unpaired) electrons. The van der Waals surface area contributed by atoms with Gasteiger partial charge in [-0.3, -0.25) is 4.90 Å². The Morgan fingerprint density at radius 2 is 1.79 bits per heavy atom. The zero-order chi connectivity index (χ0) is 17.2. The summed E-state index contributed by atoms with van der Waals surface area (Å²) < 4.78 is 35.4. The molecule has 0 bridgehead atoms. The minimum Gasteiger partial charge on any atom is -0.379 e. The lowest BCUT2D eigenvalue weighted by molar-refractivity contribution is 0.0684. The van der Waals surface area contributed by atoms with Crippen molar-refractivity contribution in [1.29, 1.82) is 0 Å². The molecule has 1 aromatic heterocycles. The summed E-state index contributed by atoms with van der Waals surface area (Å²) in [4.78, 5) is 2.27. The van der Waals surface area contributed by atoms with Crippen molar-refractivity contribution >= 4 is 16.4 Å². The van der Waals surface area contributed by atoms with Crippen LogP contribution in [0, 0.1) is 6.92 Å². The zero-order valence-corrected chi connectivity index (χ0v) is 14.9. The summed E-state index contributed by atoms with van der Waals surface area (Å²) >= 11 is 0. The summed E-state index contributed by atoms with van der Waals surface area (Å²) in [7, 11) is -3.36. The van der Waals surface area contributed by atoms with Crippen LogP contribution in [0.2, 0.25) is 0 Å². The molecule has 134 valence electrons. The fraction of sp³-hybridized carbons (Fsp3) is 0.667. The Balaban J connectivity index is 1.57. The number of hydrogen-bond donors (Lipinski definition) is 0. The normalized spacial score (nSPS) is 21.9. The molecular weight excluding hydrogens is 330 g/mol. The summed E-state index contributed by atoms with van der Waals surface area (Å²) in [6.07, 6.45) is 3.64. The molecule has 9 heteroatoms. The molecular formula is C15H25N5O3S. The van der Waals surface area contributed by atoms with E-state index >= 15 is 0 Å². The second-order valence-corrected chi connectivity index (χ2v) is 8.03. The van der Waals surface area contributed by atoms with E-state index in [4.69, 9.17) is 4.74 Å². The Labute approximate surface area is 143 Å².